The average Bonchev–Trinajstić information content (AvgIpc) is 3.17. The summed E-state index contributed by atoms with van der Waals surface area (Å²) in [5, 5.41) is 3.67. The number of hydrogen-bond acceptors (Lipinski definition) is 4. The van der Waals surface area contributed by atoms with Crippen LogP contribution in [0.2, 0.25) is 0 Å². The molecule has 3 rings (SSSR count). The maximum absolute atomic E-state index is 12.6. The summed E-state index contributed by atoms with van der Waals surface area (Å²) in [4.78, 5) is 32.2. The number of amides is 1. The molecule has 0 spiro atoms. The topological polar surface area (TPSA) is 71.0 Å². The van der Waals surface area contributed by atoms with E-state index >= 15 is 0 Å². The largest absolute Gasteiger partial charge is 0.342 e. The lowest BCUT2D eigenvalue weighted by atomic mass is 10.2. The predicted octanol–water partition coefficient (Wildman–Crippen LogP) is 1.71. The van der Waals surface area contributed by atoms with E-state index in [4.69, 9.17) is 0 Å². The van der Waals surface area contributed by atoms with E-state index in [1.54, 1.807) is 0 Å². The number of likely N-dealkylation sites (tertiary alicyclic amines) is 1. The zero-order valence-corrected chi connectivity index (χ0v) is 13.9. The van der Waals surface area contributed by atoms with Crippen LogP contribution in [0.4, 0.5) is 0 Å². The third kappa shape index (κ3) is 2.61. The first-order valence-electron chi connectivity index (χ1n) is 7.50. The number of H-pyrrole nitrogens is 1. The molecular weight excluding hydrogens is 300 g/mol. The summed E-state index contributed by atoms with van der Waals surface area (Å²) in [6.45, 7) is 7.35. The van der Waals surface area contributed by atoms with Crippen molar-refractivity contribution in [2.45, 2.75) is 40.0 Å². The Morgan fingerprint density at radius 1 is 1.27 bits per heavy atom. The van der Waals surface area contributed by atoms with Crippen LogP contribution in [-0.2, 0) is 11.2 Å². The van der Waals surface area contributed by atoms with Gasteiger partial charge in [-0.3, -0.25) is 14.7 Å². The first-order valence-corrected chi connectivity index (χ1v) is 8.31. The number of nitrogens with one attached hydrogen (secondary N) is 1. The fraction of sp³-hybridized carbons (Fsp3) is 0.533. The van der Waals surface area contributed by atoms with Crippen molar-refractivity contribution in [2.24, 2.45) is 0 Å². The molecule has 1 aliphatic rings. The van der Waals surface area contributed by atoms with Gasteiger partial charge < -0.3 is 4.90 Å². The van der Waals surface area contributed by atoms with E-state index in [1.807, 2.05) is 25.7 Å². The highest BCUT2D eigenvalue weighted by Crippen LogP contribution is 2.19. The van der Waals surface area contributed by atoms with E-state index in [0.717, 1.165) is 42.2 Å². The molecule has 0 unspecified atom stereocenters. The Morgan fingerprint density at radius 3 is 2.55 bits per heavy atom. The van der Waals surface area contributed by atoms with E-state index in [-0.39, 0.29) is 17.9 Å². The average molecular weight is 320 g/mol. The first kappa shape index (κ1) is 15.0. The predicted molar refractivity (Wildman–Crippen MR) is 85.8 cm³/mol. The molecule has 1 N–H and O–H groups in total. The number of aromatic nitrogens is 3. The molecule has 3 heterocycles. The molecule has 7 heteroatoms. The van der Waals surface area contributed by atoms with Gasteiger partial charge in [0.15, 0.2) is 0 Å². The lowest BCUT2D eigenvalue weighted by Crippen LogP contribution is -2.31. The molecule has 0 atom stereocenters. The summed E-state index contributed by atoms with van der Waals surface area (Å²) in [6, 6.07) is 0. The Bertz CT molecular complexity index is 746. The second-order valence-corrected chi connectivity index (χ2v) is 6.94. The molecule has 1 amide bonds. The minimum absolute atomic E-state index is 0.0374. The van der Waals surface area contributed by atoms with E-state index in [2.05, 4.69) is 10.1 Å². The van der Waals surface area contributed by atoms with Crippen LogP contribution < -0.4 is 5.56 Å². The van der Waals surface area contributed by atoms with Crippen molar-refractivity contribution in [3.05, 3.63) is 32.2 Å². The third-order valence-electron chi connectivity index (χ3n) is 4.19. The normalized spacial score (nSPS) is 14.8. The van der Waals surface area contributed by atoms with Crippen molar-refractivity contribution in [2.75, 3.05) is 13.1 Å². The fourth-order valence-electron chi connectivity index (χ4n) is 2.71. The van der Waals surface area contributed by atoms with Gasteiger partial charge in [-0.2, -0.15) is 4.68 Å². The van der Waals surface area contributed by atoms with Crippen LogP contribution in [0.3, 0.4) is 0 Å². The van der Waals surface area contributed by atoms with Gasteiger partial charge in [0.05, 0.1) is 12.1 Å². The van der Waals surface area contributed by atoms with Crippen LogP contribution in [0.1, 0.15) is 34.7 Å². The lowest BCUT2D eigenvalue weighted by molar-refractivity contribution is -0.129. The Kier molecular flexibility index (Phi) is 3.90. The fourth-order valence-corrected chi connectivity index (χ4v) is 3.57. The Balaban J connectivity index is 1.90. The second kappa shape index (κ2) is 5.72. The molecule has 6 nitrogen and oxygen atoms in total. The SMILES string of the molecule is Cc1nc(-n2[nH]c(C)c(CC(=O)N3CCCC3)c2=O)sc1C. The van der Waals surface area contributed by atoms with Crippen molar-refractivity contribution >= 4 is 17.2 Å². The Morgan fingerprint density at radius 2 is 1.95 bits per heavy atom. The van der Waals surface area contributed by atoms with Gasteiger partial charge >= 0.3 is 0 Å². The molecule has 2 aromatic rings. The molecule has 0 aromatic carbocycles. The number of thiazole rings is 1. The van der Waals surface area contributed by atoms with Gasteiger partial charge in [-0.1, -0.05) is 11.3 Å². The van der Waals surface area contributed by atoms with Crippen molar-refractivity contribution in [1.29, 1.82) is 0 Å². The lowest BCUT2D eigenvalue weighted by Gasteiger charge is -2.14. The highest BCUT2D eigenvalue weighted by molar-refractivity contribution is 7.14. The van der Waals surface area contributed by atoms with Crippen LogP contribution in [0, 0.1) is 20.8 Å². The van der Waals surface area contributed by atoms with Crippen LogP contribution in [0.25, 0.3) is 5.13 Å². The summed E-state index contributed by atoms with van der Waals surface area (Å²) < 4.78 is 1.45. The standard InChI is InChI=1S/C15H20N4O2S/c1-9-11(3)22-15(16-9)19-14(21)12(10(2)17-19)8-13(20)18-6-4-5-7-18/h17H,4-8H2,1-3H3. The maximum atomic E-state index is 12.6. The molecule has 0 bridgehead atoms. The van der Waals surface area contributed by atoms with Gasteiger partial charge in [0.2, 0.25) is 11.0 Å². The number of carbonyl (C=O) groups is 1. The van der Waals surface area contributed by atoms with Crippen LogP contribution in [0.15, 0.2) is 4.79 Å². The molecule has 1 fully saturated rings. The summed E-state index contributed by atoms with van der Waals surface area (Å²) in [5.74, 6) is 0.0374. The molecule has 1 saturated heterocycles. The molecule has 1 aliphatic heterocycles. The molecule has 2 aromatic heterocycles. The van der Waals surface area contributed by atoms with Crippen LogP contribution >= 0.6 is 11.3 Å². The summed E-state index contributed by atoms with van der Waals surface area (Å²) in [7, 11) is 0. The van der Waals surface area contributed by atoms with Crippen molar-refractivity contribution in [1.82, 2.24) is 19.7 Å². The minimum atomic E-state index is -0.168. The van der Waals surface area contributed by atoms with Gasteiger partial charge in [-0.25, -0.2) is 4.98 Å². The van der Waals surface area contributed by atoms with E-state index in [1.165, 1.54) is 16.0 Å². The summed E-state index contributed by atoms with van der Waals surface area (Å²) >= 11 is 1.47. The zero-order valence-electron chi connectivity index (χ0n) is 13.1. The molecule has 0 saturated carbocycles. The van der Waals surface area contributed by atoms with E-state index in [9.17, 15) is 9.59 Å². The molecular formula is C15H20N4O2S. The first-order chi connectivity index (χ1) is 10.5. The highest BCUT2D eigenvalue weighted by Gasteiger charge is 2.22. The monoisotopic (exact) mass is 320 g/mol. The minimum Gasteiger partial charge on any atom is -0.342 e. The van der Waals surface area contributed by atoms with E-state index in [0.29, 0.717) is 10.7 Å². The van der Waals surface area contributed by atoms with Crippen molar-refractivity contribution in [3.63, 3.8) is 0 Å². The summed E-state index contributed by atoms with van der Waals surface area (Å²) in [6.07, 6.45) is 2.27. The number of aryl methyl sites for hydroxylation is 3. The van der Waals surface area contributed by atoms with Crippen molar-refractivity contribution in [3.8, 4) is 5.13 Å². The van der Waals surface area contributed by atoms with Gasteiger partial charge in [-0.15, -0.1) is 0 Å². The molecule has 118 valence electrons. The maximum Gasteiger partial charge on any atom is 0.277 e. The zero-order chi connectivity index (χ0) is 15.9. The van der Waals surface area contributed by atoms with Gasteiger partial charge in [0, 0.05) is 29.2 Å². The number of nitrogens with zero attached hydrogens (tertiary/aromatic N) is 3. The molecule has 0 radical (unpaired) electrons. The van der Waals surface area contributed by atoms with Crippen LogP contribution in [0.5, 0.6) is 0 Å². The van der Waals surface area contributed by atoms with Crippen LogP contribution in [-0.4, -0.2) is 38.7 Å². The highest BCUT2D eigenvalue weighted by atomic mass is 32.1. The van der Waals surface area contributed by atoms with Gasteiger partial charge in [0.25, 0.3) is 5.56 Å². The molecule has 0 aliphatic carbocycles. The van der Waals surface area contributed by atoms with E-state index < -0.39 is 0 Å². The van der Waals surface area contributed by atoms with Gasteiger partial charge in [0.1, 0.15) is 0 Å². The van der Waals surface area contributed by atoms with Gasteiger partial charge in [-0.05, 0) is 33.6 Å². The van der Waals surface area contributed by atoms with Crippen molar-refractivity contribution < 1.29 is 4.79 Å². The second-order valence-electron chi connectivity index (χ2n) is 5.76. The Hall–Kier alpha value is -1.89. The molecule has 22 heavy (non-hydrogen) atoms. The third-order valence-corrected chi connectivity index (χ3v) is 5.25. The number of rotatable bonds is 3. The Labute approximate surface area is 132 Å². The summed E-state index contributed by atoms with van der Waals surface area (Å²) in [5.41, 5.74) is 2.04. The smallest absolute Gasteiger partial charge is 0.277 e. The number of hydrogen-bond donors (Lipinski definition) is 1. The number of aromatic amines is 1. The quantitative estimate of drug-likeness (QED) is 0.936. The number of carbonyl (C=O) groups excluding carboxylic acids is 1.